The number of carbonyl (C=O) groups is 1. The van der Waals surface area contributed by atoms with E-state index in [0.29, 0.717) is 12.1 Å². The summed E-state index contributed by atoms with van der Waals surface area (Å²) >= 11 is 0. The van der Waals surface area contributed by atoms with Gasteiger partial charge in [0.1, 0.15) is 0 Å². The van der Waals surface area contributed by atoms with Gasteiger partial charge >= 0.3 is 0 Å². The van der Waals surface area contributed by atoms with Crippen LogP contribution in [-0.2, 0) is 4.79 Å². The first-order valence-electron chi connectivity index (χ1n) is 5.26. The summed E-state index contributed by atoms with van der Waals surface area (Å²) in [5.74, 6) is 0.0422. The number of likely N-dealkylation sites (tertiary alicyclic amines) is 1. The van der Waals surface area contributed by atoms with E-state index in [1.165, 1.54) is 0 Å². The van der Waals surface area contributed by atoms with Crippen molar-refractivity contribution in [3.8, 4) is 0 Å². The Morgan fingerprint density at radius 2 is 2.29 bits per heavy atom. The molecule has 0 aliphatic carbocycles. The average Bonchev–Trinajstić information content (AvgIpc) is 2.64. The lowest BCUT2D eigenvalue weighted by molar-refractivity contribution is -0.130. The van der Waals surface area contributed by atoms with Gasteiger partial charge in [0.15, 0.2) is 0 Å². The molecule has 1 aliphatic heterocycles. The number of hydrogen-bond donors (Lipinski definition) is 1. The van der Waals surface area contributed by atoms with E-state index in [1.807, 2.05) is 7.05 Å². The van der Waals surface area contributed by atoms with Crippen LogP contribution in [0.15, 0.2) is 0 Å². The molecule has 0 bridgehead atoms. The fraction of sp³-hybridized carbons (Fsp3) is 0.900. The maximum absolute atomic E-state index is 11.4. The molecule has 1 amide bonds. The zero-order chi connectivity index (χ0) is 10.7. The first-order valence-corrected chi connectivity index (χ1v) is 5.26. The van der Waals surface area contributed by atoms with Crippen LogP contribution >= 0.6 is 0 Å². The van der Waals surface area contributed by atoms with Crippen LogP contribution in [0.4, 0.5) is 0 Å². The van der Waals surface area contributed by atoms with Crippen molar-refractivity contribution in [2.45, 2.75) is 32.4 Å². The Morgan fingerprint density at radius 1 is 1.64 bits per heavy atom. The van der Waals surface area contributed by atoms with Gasteiger partial charge in [0, 0.05) is 32.2 Å². The second-order valence-corrected chi connectivity index (χ2v) is 4.24. The number of amides is 1. The molecule has 1 atom stereocenters. The second kappa shape index (κ2) is 4.75. The number of nitrogens with two attached hydrogens (primary N) is 1. The maximum atomic E-state index is 11.4. The molecule has 4 heteroatoms. The van der Waals surface area contributed by atoms with Crippen LogP contribution in [0.25, 0.3) is 0 Å². The van der Waals surface area contributed by atoms with Gasteiger partial charge in [-0.1, -0.05) is 0 Å². The Bertz CT molecular complexity index is 206. The van der Waals surface area contributed by atoms with E-state index < -0.39 is 0 Å². The summed E-state index contributed by atoms with van der Waals surface area (Å²) in [6.07, 6.45) is 1.07. The molecule has 0 spiro atoms. The number of nitrogens with zero attached hydrogens (tertiary/aromatic N) is 2. The van der Waals surface area contributed by atoms with Gasteiger partial charge in [0.05, 0.1) is 6.54 Å². The molecule has 0 aromatic heterocycles. The van der Waals surface area contributed by atoms with Crippen molar-refractivity contribution < 1.29 is 4.79 Å². The van der Waals surface area contributed by atoms with E-state index in [2.05, 4.69) is 18.7 Å². The summed E-state index contributed by atoms with van der Waals surface area (Å²) < 4.78 is 0. The quantitative estimate of drug-likeness (QED) is 0.690. The Labute approximate surface area is 86.0 Å². The van der Waals surface area contributed by atoms with Crippen LogP contribution in [-0.4, -0.2) is 54.5 Å². The Kier molecular flexibility index (Phi) is 3.89. The van der Waals surface area contributed by atoms with Crippen molar-refractivity contribution in [1.29, 1.82) is 0 Å². The molecule has 1 saturated heterocycles. The lowest BCUT2D eigenvalue weighted by atomic mass is 10.2. The first kappa shape index (κ1) is 11.5. The molecular formula is C10H21N3O. The van der Waals surface area contributed by atoms with Crippen molar-refractivity contribution in [3.05, 3.63) is 0 Å². The normalized spacial score (nSPS) is 23.1. The Balaban J connectivity index is 2.45. The standard InChI is InChI=1S/C10H21N3O/c1-8(2)13-5-4-9(7-13)12(3)10(14)6-11/h8-9H,4-7,11H2,1-3H3. The smallest absolute Gasteiger partial charge is 0.236 e. The SMILES string of the molecule is CC(C)N1CCC(N(C)C(=O)CN)C1. The van der Waals surface area contributed by atoms with E-state index in [-0.39, 0.29) is 12.5 Å². The lowest BCUT2D eigenvalue weighted by Gasteiger charge is -2.25. The van der Waals surface area contributed by atoms with Gasteiger partial charge in [-0.05, 0) is 20.3 Å². The highest BCUT2D eigenvalue weighted by Crippen LogP contribution is 2.16. The molecule has 2 N–H and O–H groups in total. The van der Waals surface area contributed by atoms with Crippen molar-refractivity contribution >= 4 is 5.91 Å². The van der Waals surface area contributed by atoms with Crippen molar-refractivity contribution in [2.75, 3.05) is 26.7 Å². The molecule has 1 rings (SSSR count). The fourth-order valence-electron chi connectivity index (χ4n) is 1.90. The molecule has 1 heterocycles. The number of likely N-dealkylation sites (N-methyl/N-ethyl adjacent to an activating group) is 1. The lowest BCUT2D eigenvalue weighted by Crippen LogP contribution is -2.42. The van der Waals surface area contributed by atoms with E-state index >= 15 is 0 Å². The maximum Gasteiger partial charge on any atom is 0.236 e. The number of rotatable bonds is 3. The molecule has 1 unspecified atom stereocenters. The van der Waals surface area contributed by atoms with Gasteiger partial charge in [-0.25, -0.2) is 0 Å². The molecule has 0 aromatic rings. The molecule has 0 radical (unpaired) electrons. The zero-order valence-electron chi connectivity index (χ0n) is 9.36. The van der Waals surface area contributed by atoms with E-state index in [9.17, 15) is 4.79 Å². The molecule has 82 valence electrons. The van der Waals surface area contributed by atoms with Gasteiger partial charge in [0.25, 0.3) is 0 Å². The molecule has 0 saturated carbocycles. The number of carbonyl (C=O) groups excluding carboxylic acids is 1. The van der Waals surface area contributed by atoms with Gasteiger partial charge in [-0.2, -0.15) is 0 Å². The van der Waals surface area contributed by atoms with Gasteiger partial charge in [0.2, 0.25) is 5.91 Å². The highest BCUT2D eigenvalue weighted by atomic mass is 16.2. The fourth-order valence-corrected chi connectivity index (χ4v) is 1.90. The Morgan fingerprint density at radius 3 is 2.71 bits per heavy atom. The minimum atomic E-state index is 0.0422. The summed E-state index contributed by atoms with van der Waals surface area (Å²) in [5, 5.41) is 0. The predicted octanol–water partition coefficient (Wildman–Crippen LogP) is -0.114. The van der Waals surface area contributed by atoms with Crippen molar-refractivity contribution in [2.24, 2.45) is 5.73 Å². The third kappa shape index (κ3) is 2.45. The van der Waals surface area contributed by atoms with Crippen LogP contribution in [0.3, 0.4) is 0 Å². The van der Waals surface area contributed by atoms with Gasteiger partial charge < -0.3 is 10.6 Å². The average molecular weight is 199 g/mol. The highest BCUT2D eigenvalue weighted by molar-refractivity contribution is 5.78. The monoisotopic (exact) mass is 199 g/mol. The third-order valence-corrected chi connectivity index (χ3v) is 3.04. The van der Waals surface area contributed by atoms with Crippen LogP contribution in [0.5, 0.6) is 0 Å². The minimum Gasteiger partial charge on any atom is -0.340 e. The van der Waals surface area contributed by atoms with Crippen LogP contribution < -0.4 is 5.73 Å². The van der Waals surface area contributed by atoms with Crippen LogP contribution in [0.2, 0.25) is 0 Å². The predicted molar refractivity (Wildman–Crippen MR) is 56.9 cm³/mol. The zero-order valence-corrected chi connectivity index (χ0v) is 9.36. The highest BCUT2D eigenvalue weighted by Gasteiger charge is 2.28. The van der Waals surface area contributed by atoms with Crippen LogP contribution in [0.1, 0.15) is 20.3 Å². The third-order valence-electron chi connectivity index (χ3n) is 3.04. The molecule has 1 aliphatic rings. The van der Waals surface area contributed by atoms with E-state index in [0.717, 1.165) is 19.5 Å². The summed E-state index contributed by atoms with van der Waals surface area (Å²) in [6.45, 7) is 6.57. The second-order valence-electron chi connectivity index (χ2n) is 4.24. The number of hydrogen-bond acceptors (Lipinski definition) is 3. The van der Waals surface area contributed by atoms with E-state index in [1.54, 1.807) is 4.90 Å². The topological polar surface area (TPSA) is 49.6 Å². The minimum absolute atomic E-state index is 0.0422. The van der Waals surface area contributed by atoms with Gasteiger partial charge in [-0.3, -0.25) is 9.69 Å². The first-order chi connectivity index (χ1) is 6.56. The molecule has 1 fully saturated rings. The summed E-state index contributed by atoms with van der Waals surface area (Å²) in [7, 11) is 1.85. The summed E-state index contributed by atoms with van der Waals surface area (Å²) in [4.78, 5) is 15.5. The van der Waals surface area contributed by atoms with E-state index in [4.69, 9.17) is 5.73 Å². The van der Waals surface area contributed by atoms with Crippen molar-refractivity contribution in [1.82, 2.24) is 9.80 Å². The largest absolute Gasteiger partial charge is 0.340 e. The van der Waals surface area contributed by atoms with Crippen molar-refractivity contribution in [3.63, 3.8) is 0 Å². The molecule has 14 heavy (non-hydrogen) atoms. The summed E-state index contributed by atoms with van der Waals surface area (Å²) in [6, 6.07) is 0.926. The molecule has 0 aromatic carbocycles. The Hall–Kier alpha value is -0.610. The van der Waals surface area contributed by atoms with Crippen LogP contribution in [0, 0.1) is 0 Å². The summed E-state index contributed by atoms with van der Waals surface area (Å²) in [5.41, 5.74) is 5.33. The molecule has 4 nitrogen and oxygen atoms in total. The molecular weight excluding hydrogens is 178 g/mol. The van der Waals surface area contributed by atoms with Gasteiger partial charge in [-0.15, -0.1) is 0 Å².